The standard InChI is InChI=1S/C19H18N4O/c1-15-4-2-5-16(10-15)8-9-19(24)22-18-7-3-6-17(11-18)12-23-14-20-13-21-23/h2-11,13-14H,12H2,1H3,(H,22,24). The Hall–Kier alpha value is -3.21. The first-order valence-electron chi connectivity index (χ1n) is 7.66. The Kier molecular flexibility index (Phi) is 4.81. The number of aromatic nitrogens is 3. The van der Waals surface area contributed by atoms with E-state index in [1.165, 1.54) is 11.9 Å². The Bertz CT molecular complexity index is 853. The van der Waals surface area contributed by atoms with Gasteiger partial charge in [-0.1, -0.05) is 42.0 Å². The molecule has 2 aromatic carbocycles. The van der Waals surface area contributed by atoms with Crippen molar-refractivity contribution in [3.8, 4) is 0 Å². The van der Waals surface area contributed by atoms with Crippen LogP contribution in [0.1, 0.15) is 16.7 Å². The molecule has 0 atom stereocenters. The highest BCUT2D eigenvalue weighted by Crippen LogP contribution is 2.12. The molecule has 0 aliphatic carbocycles. The second kappa shape index (κ2) is 7.37. The first-order chi connectivity index (χ1) is 11.7. The van der Waals surface area contributed by atoms with Gasteiger partial charge in [0.1, 0.15) is 12.7 Å². The van der Waals surface area contributed by atoms with Gasteiger partial charge < -0.3 is 5.32 Å². The maximum atomic E-state index is 12.1. The van der Waals surface area contributed by atoms with Crippen LogP contribution in [0.15, 0.2) is 67.3 Å². The first kappa shape index (κ1) is 15.7. The minimum absolute atomic E-state index is 0.158. The number of hydrogen-bond donors (Lipinski definition) is 1. The molecule has 1 amide bonds. The van der Waals surface area contributed by atoms with Crippen molar-refractivity contribution < 1.29 is 4.79 Å². The zero-order valence-corrected chi connectivity index (χ0v) is 13.4. The molecule has 0 aliphatic heterocycles. The minimum atomic E-state index is -0.158. The van der Waals surface area contributed by atoms with Gasteiger partial charge in [0.2, 0.25) is 5.91 Å². The highest BCUT2D eigenvalue weighted by atomic mass is 16.1. The van der Waals surface area contributed by atoms with Gasteiger partial charge in [-0.3, -0.25) is 4.79 Å². The van der Waals surface area contributed by atoms with Gasteiger partial charge >= 0.3 is 0 Å². The van der Waals surface area contributed by atoms with E-state index in [9.17, 15) is 4.79 Å². The van der Waals surface area contributed by atoms with Gasteiger partial charge in [-0.05, 0) is 36.3 Å². The van der Waals surface area contributed by atoms with E-state index in [4.69, 9.17) is 0 Å². The highest BCUT2D eigenvalue weighted by Gasteiger charge is 2.01. The van der Waals surface area contributed by atoms with Crippen LogP contribution in [0, 0.1) is 6.92 Å². The zero-order chi connectivity index (χ0) is 16.8. The molecule has 1 aromatic heterocycles. The molecule has 3 rings (SSSR count). The predicted molar refractivity (Wildman–Crippen MR) is 94.4 cm³/mol. The van der Waals surface area contributed by atoms with Crippen molar-refractivity contribution in [2.24, 2.45) is 0 Å². The molecular weight excluding hydrogens is 300 g/mol. The van der Waals surface area contributed by atoms with Crippen molar-refractivity contribution in [2.45, 2.75) is 13.5 Å². The summed E-state index contributed by atoms with van der Waals surface area (Å²) in [4.78, 5) is 16.0. The van der Waals surface area contributed by atoms with Crippen LogP contribution >= 0.6 is 0 Å². The van der Waals surface area contributed by atoms with Crippen LogP contribution in [0.2, 0.25) is 0 Å². The Labute approximate surface area is 140 Å². The summed E-state index contributed by atoms with van der Waals surface area (Å²) in [5.41, 5.74) is 3.97. The highest BCUT2D eigenvalue weighted by molar-refractivity contribution is 6.01. The fourth-order valence-corrected chi connectivity index (χ4v) is 2.38. The van der Waals surface area contributed by atoms with Gasteiger partial charge in [0.15, 0.2) is 0 Å². The number of nitrogens with one attached hydrogen (secondary N) is 1. The number of nitrogens with zero attached hydrogens (tertiary/aromatic N) is 3. The summed E-state index contributed by atoms with van der Waals surface area (Å²) >= 11 is 0. The second-order valence-corrected chi connectivity index (χ2v) is 5.53. The van der Waals surface area contributed by atoms with Crippen LogP contribution in [0.3, 0.4) is 0 Å². The number of hydrogen-bond acceptors (Lipinski definition) is 3. The Morgan fingerprint density at radius 1 is 1.21 bits per heavy atom. The third kappa shape index (κ3) is 4.39. The third-order valence-electron chi connectivity index (χ3n) is 3.47. The Balaban J connectivity index is 1.64. The van der Waals surface area contributed by atoms with E-state index < -0.39 is 0 Å². The van der Waals surface area contributed by atoms with Crippen molar-refractivity contribution in [1.82, 2.24) is 14.8 Å². The summed E-state index contributed by atoms with van der Waals surface area (Å²) in [5.74, 6) is -0.158. The number of carbonyl (C=O) groups excluding carboxylic acids is 1. The quantitative estimate of drug-likeness (QED) is 0.734. The molecule has 0 saturated heterocycles. The second-order valence-electron chi connectivity index (χ2n) is 5.53. The van der Waals surface area contributed by atoms with Crippen molar-refractivity contribution in [2.75, 3.05) is 5.32 Å². The number of rotatable bonds is 5. The summed E-state index contributed by atoms with van der Waals surface area (Å²) in [5, 5.41) is 6.96. The van der Waals surface area contributed by atoms with Gasteiger partial charge in [-0.2, -0.15) is 5.10 Å². The Morgan fingerprint density at radius 3 is 2.88 bits per heavy atom. The Morgan fingerprint density at radius 2 is 2.08 bits per heavy atom. The lowest BCUT2D eigenvalue weighted by atomic mass is 10.1. The molecule has 0 aliphatic rings. The molecule has 0 fully saturated rings. The van der Waals surface area contributed by atoms with Crippen LogP contribution < -0.4 is 5.32 Å². The van der Waals surface area contributed by atoms with Crippen LogP contribution in [-0.4, -0.2) is 20.7 Å². The largest absolute Gasteiger partial charge is 0.323 e. The van der Waals surface area contributed by atoms with Gasteiger partial charge in [0, 0.05) is 11.8 Å². The van der Waals surface area contributed by atoms with Crippen LogP contribution in [0.4, 0.5) is 5.69 Å². The molecule has 5 nitrogen and oxygen atoms in total. The molecule has 5 heteroatoms. The molecule has 0 saturated carbocycles. The minimum Gasteiger partial charge on any atom is -0.323 e. The lowest BCUT2D eigenvalue weighted by Gasteiger charge is -2.06. The van der Waals surface area contributed by atoms with Crippen molar-refractivity contribution in [3.63, 3.8) is 0 Å². The van der Waals surface area contributed by atoms with Gasteiger partial charge in [-0.15, -0.1) is 0 Å². The van der Waals surface area contributed by atoms with Crippen LogP contribution in [0.25, 0.3) is 6.08 Å². The molecule has 120 valence electrons. The van der Waals surface area contributed by atoms with Gasteiger partial charge in [0.05, 0.1) is 6.54 Å². The fraction of sp³-hybridized carbons (Fsp3) is 0.105. The molecule has 0 bridgehead atoms. The van der Waals surface area contributed by atoms with Gasteiger partial charge in [-0.25, -0.2) is 9.67 Å². The average Bonchev–Trinajstić information content (AvgIpc) is 3.06. The molecule has 0 spiro atoms. The van der Waals surface area contributed by atoms with E-state index in [1.54, 1.807) is 17.1 Å². The van der Waals surface area contributed by atoms with E-state index in [0.29, 0.717) is 6.54 Å². The number of aryl methyl sites for hydroxylation is 1. The number of carbonyl (C=O) groups is 1. The van der Waals surface area contributed by atoms with Gasteiger partial charge in [0.25, 0.3) is 0 Å². The molecule has 1 N–H and O–H groups in total. The topological polar surface area (TPSA) is 59.8 Å². The van der Waals surface area contributed by atoms with Crippen molar-refractivity contribution in [3.05, 3.63) is 84.0 Å². The summed E-state index contributed by atoms with van der Waals surface area (Å²) in [7, 11) is 0. The van der Waals surface area contributed by atoms with E-state index in [2.05, 4.69) is 15.4 Å². The summed E-state index contributed by atoms with van der Waals surface area (Å²) in [6.07, 6.45) is 6.51. The molecule has 0 unspecified atom stereocenters. The normalized spacial score (nSPS) is 10.9. The third-order valence-corrected chi connectivity index (χ3v) is 3.47. The van der Waals surface area contributed by atoms with Crippen molar-refractivity contribution >= 4 is 17.7 Å². The van der Waals surface area contributed by atoms with E-state index in [1.807, 2.05) is 61.5 Å². The summed E-state index contributed by atoms with van der Waals surface area (Å²) in [6.45, 7) is 2.64. The lowest BCUT2D eigenvalue weighted by Crippen LogP contribution is -2.08. The van der Waals surface area contributed by atoms with E-state index in [0.717, 1.165) is 16.8 Å². The fourth-order valence-electron chi connectivity index (χ4n) is 2.38. The summed E-state index contributed by atoms with van der Waals surface area (Å²) in [6, 6.07) is 15.7. The van der Waals surface area contributed by atoms with Crippen LogP contribution in [-0.2, 0) is 11.3 Å². The van der Waals surface area contributed by atoms with E-state index >= 15 is 0 Å². The zero-order valence-electron chi connectivity index (χ0n) is 13.4. The average molecular weight is 318 g/mol. The van der Waals surface area contributed by atoms with Crippen LogP contribution in [0.5, 0.6) is 0 Å². The smallest absolute Gasteiger partial charge is 0.248 e. The maximum Gasteiger partial charge on any atom is 0.248 e. The number of anilines is 1. The maximum absolute atomic E-state index is 12.1. The van der Waals surface area contributed by atoms with E-state index in [-0.39, 0.29) is 5.91 Å². The molecule has 0 radical (unpaired) electrons. The predicted octanol–water partition coefficient (Wildman–Crippen LogP) is 3.29. The number of benzene rings is 2. The summed E-state index contributed by atoms with van der Waals surface area (Å²) < 4.78 is 1.73. The molecule has 1 heterocycles. The molecule has 3 aromatic rings. The lowest BCUT2D eigenvalue weighted by molar-refractivity contribution is -0.111. The monoisotopic (exact) mass is 318 g/mol. The SMILES string of the molecule is Cc1cccc(C=CC(=O)Nc2cccc(Cn3cncn3)c2)c1. The first-order valence-corrected chi connectivity index (χ1v) is 7.66. The van der Waals surface area contributed by atoms with Crippen molar-refractivity contribution in [1.29, 1.82) is 0 Å². The molecular formula is C19H18N4O. The molecule has 24 heavy (non-hydrogen) atoms. The number of amides is 1.